The molecule has 0 aliphatic heterocycles. The minimum Gasteiger partial charge on any atom is -0.497 e. The Kier molecular flexibility index (Phi) is 4.48. The van der Waals surface area contributed by atoms with Crippen molar-refractivity contribution in [2.75, 3.05) is 21.2 Å². The van der Waals surface area contributed by atoms with Gasteiger partial charge in [0.15, 0.2) is 5.78 Å². The van der Waals surface area contributed by atoms with Crippen molar-refractivity contribution in [1.29, 1.82) is 0 Å². The van der Waals surface area contributed by atoms with Crippen LogP contribution in [0.25, 0.3) is 0 Å². The summed E-state index contributed by atoms with van der Waals surface area (Å²) in [4.78, 5) is 14.5. The number of methoxy groups -OCH3 is 1. The average Bonchev–Trinajstić information content (AvgIpc) is 2.41. The van der Waals surface area contributed by atoms with Crippen LogP contribution in [0.5, 0.6) is 5.75 Å². The Morgan fingerprint density at radius 1 is 1.30 bits per heavy atom. The molecule has 0 saturated heterocycles. The fraction of sp³-hybridized carbons (Fsp3) is 0.588. The van der Waals surface area contributed by atoms with Gasteiger partial charge < -0.3 is 4.74 Å². The van der Waals surface area contributed by atoms with E-state index in [1.165, 1.54) is 12.0 Å². The minimum absolute atomic E-state index is 0.0110. The number of ether oxygens (including phenoxy) is 1. The van der Waals surface area contributed by atoms with Crippen molar-refractivity contribution in [3.8, 4) is 5.75 Å². The van der Waals surface area contributed by atoms with E-state index >= 15 is 0 Å². The largest absolute Gasteiger partial charge is 0.497 e. The Bertz CT molecular complexity index is 460. The van der Waals surface area contributed by atoms with E-state index in [9.17, 15) is 4.79 Å². The van der Waals surface area contributed by atoms with Crippen LogP contribution in [-0.4, -0.2) is 37.9 Å². The van der Waals surface area contributed by atoms with Crippen molar-refractivity contribution in [3.05, 3.63) is 29.8 Å². The van der Waals surface area contributed by atoms with Crippen LogP contribution in [0, 0.1) is 0 Å². The summed E-state index contributed by atoms with van der Waals surface area (Å²) in [6, 6.07) is 8.22. The molecule has 0 radical (unpaired) electrons. The zero-order chi connectivity index (χ0) is 14.8. The van der Waals surface area contributed by atoms with Crippen molar-refractivity contribution < 1.29 is 9.53 Å². The first-order valence-corrected chi connectivity index (χ1v) is 7.39. The van der Waals surface area contributed by atoms with E-state index in [4.69, 9.17) is 4.74 Å². The topological polar surface area (TPSA) is 29.5 Å². The molecule has 1 aliphatic rings. The van der Waals surface area contributed by atoms with Crippen molar-refractivity contribution in [1.82, 2.24) is 4.90 Å². The van der Waals surface area contributed by atoms with Crippen LogP contribution < -0.4 is 4.74 Å². The smallest absolute Gasteiger partial charge is 0.150 e. The van der Waals surface area contributed by atoms with Gasteiger partial charge in [-0.25, -0.2) is 0 Å². The zero-order valence-electron chi connectivity index (χ0n) is 13.0. The summed E-state index contributed by atoms with van der Waals surface area (Å²) in [5.74, 6) is 1.21. The average molecular weight is 275 g/mol. The standard InChI is InChI=1S/C17H25NO2/c1-5-15(19)16(18(2)3)17(11-6-12-17)13-7-9-14(20-4)10-8-13/h7-10,16H,5-6,11-12H2,1-4H3. The molecule has 0 N–H and O–H groups in total. The van der Waals surface area contributed by atoms with E-state index in [2.05, 4.69) is 17.0 Å². The van der Waals surface area contributed by atoms with E-state index in [0.29, 0.717) is 12.2 Å². The Morgan fingerprint density at radius 3 is 2.25 bits per heavy atom. The van der Waals surface area contributed by atoms with Gasteiger partial charge in [0.25, 0.3) is 0 Å². The van der Waals surface area contributed by atoms with Gasteiger partial charge in [-0.05, 0) is 44.6 Å². The SMILES string of the molecule is CCC(=O)C(N(C)C)C1(c2ccc(OC)cc2)CCC1. The van der Waals surface area contributed by atoms with Crippen LogP contribution >= 0.6 is 0 Å². The van der Waals surface area contributed by atoms with Gasteiger partial charge in [0, 0.05) is 11.8 Å². The minimum atomic E-state index is -0.0188. The van der Waals surface area contributed by atoms with E-state index in [0.717, 1.165) is 18.6 Å². The summed E-state index contributed by atoms with van der Waals surface area (Å²) in [7, 11) is 5.71. The van der Waals surface area contributed by atoms with E-state index in [1.54, 1.807) is 7.11 Å². The van der Waals surface area contributed by atoms with E-state index < -0.39 is 0 Å². The van der Waals surface area contributed by atoms with E-state index in [1.807, 2.05) is 33.2 Å². The molecular formula is C17H25NO2. The lowest BCUT2D eigenvalue weighted by Crippen LogP contribution is -2.56. The summed E-state index contributed by atoms with van der Waals surface area (Å²) in [5.41, 5.74) is 1.26. The number of carbonyl (C=O) groups excluding carboxylic acids is 1. The number of hydrogen-bond donors (Lipinski definition) is 0. The lowest BCUT2D eigenvalue weighted by Gasteiger charge is -2.50. The first-order chi connectivity index (χ1) is 9.55. The predicted molar refractivity (Wildman–Crippen MR) is 81.3 cm³/mol. The lowest BCUT2D eigenvalue weighted by atomic mass is 9.58. The highest BCUT2D eigenvalue weighted by Gasteiger charge is 2.48. The monoisotopic (exact) mass is 275 g/mol. The molecule has 0 bridgehead atoms. The van der Waals surface area contributed by atoms with Crippen LogP contribution in [0.3, 0.4) is 0 Å². The Hall–Kier alpha value is -1.35. The van der Waals surface area contributed by atoms with Crippen molar-refractivity contribution in [2.45, 2.75) is 44.1 Å². The third-order valence-corrected chi connectivity index (χ3v) is 4.60. The Labute approximate surface area is 121 Å². The van der Waals surface area contributed by atoms with Crippen molar-refractivity contribution in [3.63, 3.8) is 0 Å². The van der Waals surface area contributed by atoms with Gasteiger partial charge in [0.05, 0.1) is 13.2 Å². The highest BCUT2D eigenvalue weighted by atomic mass is 16.5. The first kappa shape index (κ1) is 15.0. The third kappa shape index (κ3) is 2.47. The molecule has 0 amide bonds. The molecule has 1 fully saturated rings. The molecule has 1 aromatic carbocycles. The predicted octanol–water partition coefficient (Wildman–Crippen LogP) is 3.03. The number of ketones is 1. The van der Waals surface area contributed by atoms with Crippen molar-refractivity contribution >= 4 is 5.78 Å². The van der Waals surface area contributed by atoms with Gasteiger partial charge in [-0.2, -0.15) is 0 Å². The van der Waals surface area contributed by atoms with E-state index in [-0.39, 0.29) is 11.5 Å². The van der Waals surface area contributed by atoms with Crippen LogP contribution in [0.2, 0.25) is 0 Å². The molecule has 110 valence electrons. The van der Waals surface area contributed by atoms with Gasteiger partial charge >= 0.3 is 0 Å². The lowest BCUT2D eigenvalue weighted by molar-refractivity contribution is -0.127. The molecule has 1 saturated carbocycles. The number of Topliss-reactive ketones (excluding diaryl/α,β-unsaturated/α-hetero) is 1. The molecule has 1 aromatic rings. The summed E-state index contributed by atoms with van der Waals surface area (Å²) in [6.45, 7) is 1.96. The molecule has 3 nitrogen and oxygen atoms in total. The molecule has 0 aromatic heterocycles. The second kappa shape index (κ2) is 5.96. The Balaban J connectivity index is 2.38. The van der Waals surface area contributed by atoms with Crippen LogP contribution in [-0.2, 0) is 10.2 Å². The zero-order valence-corrected chi connectivity index (χ0v) is 13.0. The highest BCUT2D eigenvalue weighted by molar-refractivity contribution is 5.86. The van der Waals surface area contributed by atoms with Crippen LogP contribution in [0.1, 0.15) is 38.2 Å². The fourth-order valence-electron chi connectivity index (χ4n) is 3.48. The molecule has 1 atom stereocenters. The molecule has 1 unspecified atom stereocenters. The number of benzene rings is 1. The molecular weight excluding hydrogens is 250 g/mol. The molecule has 2 rings (SSSR count). The normalized spacial score (nSPS) is 18.4. The maximum absolute atomic E-state index is 12.4. The number of likely N-dealkylation sites (N-methyl/N-ethyl adjacent to an activating group) is 1. The fourth-order valence-corrected chi connectivity index (χ4v) is 3.48. The number of hydrogen-bond acceptors (Lipinski definition) is 3. The maximum atomic E-state index is 12.4. The number of rotatable bonds is 6. The second-order valence-corrected chi connectivity index (χ2v) is 5.92. The molecule has 0 spiro atoms. The van der Waals surface area contributed by atoms with Gasteiger partial charge in [-0.15, -0.1) is 0 Å². The van der Waals surface area contributed by atoms with Gasteiger partial charge in [0.2, 0.25) is 0 Å². The summed E-state index contributed by atoms with van der Waals surface area (Å²) in [6.07, 6.45) is 3.98. The summed E-state index contributed by atoms with van der Waals surface area (Å²) in [5, 5.41) is 0. The Morgan fingerprint density at radius 2 is 1.90 bits per heavy atom. The summed E-state index contributed by atoms with van der Waals surface area (Å²) >= 11 is 0. The van der Waals surface area contributed by atoms with Crippen LogP contribution in [0.15, 0.2) is 24.3 Å². The summed E-state index contributed by atoms with van der Waals surface area (Å²) < 4.78 is 5.23. The first-order valence-electron chi connectivity index (χ1n) is 7.39. The molecule has 3 heteroatoms. The number of nitrogens with zero attached hydrogens (tertiary/aromatic N) is 1. The highest BCUT2D eigenvalue weighted by Crippen LogP contribution is 2.48. The second-order valence-electron chi connectivity index (χ2n) is 5.92. The van der Waals surface area contributed by atoms with Crippen LogP contribution in [0.4, 0.5) is 0 Å². The molecule has 20 heavy (non-hydrogen) atoms. The quantitative estimate of drug-likeness (QED) is 0.799. The van der Waals surface area contributed by atoms with Gasteiger partial charge in [-0.3, -0.25) is 9.69 Å². The molecule has 0 heterocycles. The van der Waals surface area contributed by atoms with Gasteiger partial charge in [0.1, 0.15) is 5.75 Å². The number of carbonyl (C=O) groups is 1. The third-order valence-electron chi connectivity index (χ3n) is 4.60. The molecule has 1 aliphatic carbocycles. The van der Waals surface area contributed by atoms with Crippen molar-refractivity contribution in [2.24, 2.45) is 0 Å². The maximum Gasteiger partial charge on any atom is 0.150 e. The van der Waals surface area contributed by atoms with Gasteiger partial charge in [-0.1, -0.05) is 25.5 Å².